The number of carbonyl (C=O) groups is 2. The molecule has 0 aliphatic carbocycles. The van der Waals surface area contributed by atoms with Crippen LogP contribution in [0.15, 0.2) is 36.4 Å². The Morgan fingerprint density at radius 3 is 2.29 bits per heavy atom. The summed E-state index contributed by atoms with van der Waals surface area (Å²) < 4.78 is 23.9. The van der Waals surface area contributed by atoms with Crippen molar-refractivity contribution < 1.29 is 23.5 Å². The third-order valence-corrected chi connectivity index (χ3v) is 7.26. The van der Waals surface area contributed by atoms with Crippen molar-refractivity contribution in [1.29, 1.82) is 0 Å². The summed E-state index contributed by atoms with van der Waals surface area (Å²) >= 11 is 6.46. The summed E-state index contributed by atoms with van der Waals surface area (Å²) in [7, 11) is 3.16. The van der Waals surface area contributed by atoms with Crippen molar-refractivity contribution in [2.75, 3.05) is 27.3 Å². The number of likely N-dealkylation sites (tertiary alicyclic amines) is 1. The molecule has 2 fully saturated rings. The van der Waals surface area contributed by atoms with Gasteiger partial charge >= 0.3 is 6.03 Å². The molecule has 2 aromatic rings. The molecule has 34 heavy (non-hydrogen) atoms. The van der Waals surface area contributed by atoms with E-state index in [1.165, 1.54) is 17.0 Å². The lowest BCUT2D eigenvalue weighted by Crippen LogP contribution is -2.53. The summed E-state index contributed by atoms with van der Waals surface area (Å²) in [4.78, 5) is 29.4. The first-order valence-electron chi connectivity index (χ1n) is 11.3. The molecule has 0 aromatic heterocycles. The SMILES string of the molecule is COc1cc(Cl)c(CN2CCC([C@@]3(C)NC(=O)N(Cc4ccc(F)cc4)C3=O)CC2)cc1OC. The summed E-state index contributed by atoms with van der Waals surface area (Å²) in [6.45, 7) is 4.12. The molecule has 0 bridgehead atoms. The Hall–Kier alpha value is -2.84. The predicted octanol–water partition coefficient (Wildman–Crippen LogP) is 4.22. The van der Waals surface area contributed by atoms with Crippen LogP contribution in [0, 0.1) is 11.7 Å². The van der Waals surface area contributed by atoms with E-state index in [1.54, 1.807) is 32.4 Å². The van der Waals surface area contributed by atoms with Gasteiger partial charge in [0.05, 0.1) is 20.8 Å². The van der Waals surface area contributed by atoms with Crippen molar-refractivity contribution in [2.24, 2.45) is 5.92 Å². The van der Waals surface area contributed by atoms with Crippen molar-refractivity contribution in [3.8, 4) is 11.5 Å². The highest BCUT2D eigenvalue weighted by molar-refractivity contribution is 6.31. The lowest BCUT2D eigenvalue weighted by molar-refractivity contribution is -0.133. The molecule has 4 rings (SSSR count). The number of hydrogen-bond acceptors (Lipinski definition) is 5. The molecule has 2 saturated heterocycles. The number of rotatable bonds is 7. The molecule has 2 heterocycles. The Balaban J connectivity index is 1.39. The number of halogens is 2. The van der Waals surface area contributed by atoms with E-state index in [0.717, 1.165) is 31.5 Å². The summed E-state index contributed by atoms with van der Waals surface area (Å²) in [5, 5.41) is 3.54. The highest BCUT2D eigenvalue weighted by Crippen LogP contribution is 2.36. The lowest BCUT2D eigenvalue weighted by atomic mass is 9.79. The van der Waals surface area contributed by atoms with Crippen LogP contribution >= 0.6 is 11.6 Å². The van der Waals surface area contributed by atoms with Crippen molar-refractivity contribution >= 4 is 23.5 Å². The van der Waals surface area contributed by atoms with E-state index in [2.05, 4.69) is 10.2 Å². The fraction of sp³-hybridized carbons (Fsp3) is 0.440. The quantitative estimate of drug-likeness (QED) is 0.590. The molecule has 2 aliphatic rings. The standard InChI is InChI=1S/C25H29ClFN3O4/c1-25(23(31)30(24(32)28-25)14-16-4-6-19(27)7-5-16)18-8-10-29(11-9-18)15-17-12-21(33-2)22(34-3)13-20(17)26/h4-7,12-13,18H,8-11,14-15H2,1-3H3,(H,28,32)/t25-/m1/s1. The number of piperidine rings is 1. The molecule has 182 valence electrons. The molecule has 0 unspecified atom stereocenters. The van der Waals surface area contributed by atoms with Crippen molar-refractivity contribution in [2.45, 2.75) is 38.4 Å². The average Bonchev–Trinajstić information content (AvgIpc) is 3.05. The van der Waals surface area contributed by atoms with Crippen LogP contribution in [0.1, 0.15) is 30.9 Å². The zero-order valence-electron chi connectivity index (χ0n) is 19.6. The van der Waals surface area contributed by atoms with Gasteiger partial charge in [0.15, 0.2) is 11.5 Å². The molecule has 9 heteroatoms. The van der Waals surface area contributed by atoms with Crippen molar-refractivity contribution in [3.05, 3.63) is 58.4 Å². The van der Waals surface area contributed by atoms with Gasteiger partial charge in [0.25, 0.3) is 5.91 Å². The first-order valence-corrected chi connectivity index (χ1v) is 11.6. The maximum absolute atomic E-state index is 13.3. The van der Waals surface area contributed by atoms with E-state index in [4.69, 9.17) is 21.1 Å². The van der Waals surface area contributed by atoms with E-state index >= 15 is 0 Å². The Bertz CT molecular complexity index is 1070. The zero-order chi connectivity index (χ0) is 24.5. The highest BCUT2D eigenvalue weighted by atomic mass is 35.5. The van der Waals surface area contributed by atoms with Gasteiger partial charge in [-0.05, 0) is 68.1 Å². The van der Waals surface area contributed by atoms with Crippen LogP contribution in [-0.2, 0) is 17.9 Å². The number of nitrogens with one attached hydrogen (secondary N) is 1. The number of benzene rings is 2. The third kappa shape index (κ3) is 4.70. The van der Waals surface area contributed by atoms with E-state index < -0.39 is 11.6 Å². The van der Waals surface area contributed by atoms with Crippen LogP contribution in [0.5, 0.6) is 11.5 Å². The first-order chi connectivity index (χ1) is 16.2. The van der Waals surface area contributed by atoms with Gasteiger partial charge in [0.1, 0.15) is 11.4 Å². The highest BCUT2D eigenvalue weighted by Gasteiger charge is 2.52. The minimum absolute atomic E-state index is 0.0132. The molecule has 0 spiro atoms. The number of nitrogens with zero attached hydrogens (tertiary/aromatic N) is 2. The van der Waals surface area contributed by atoms with E-state index in [-0.39, 0.29) is 24.2 Å². The minimum atomic E-state index is -0.954. The topological polar surface area (TPSA) is 71.1 Å². The van der Waals surface area contributed by atoms with E-state index in [0.29, 0.717) is 28.6 Å². The second-order valence-electron chi connectivity index (χ2n) is 9.00. The second-order valence-corrected chi connectivity index (χ2v) is 9.41. The van der Waals surface area contributed by atoms with Gasteiger partial charge in [-0.2, -0.15) is 0 Å². The first kappa shape index (κ1) is 24.3. The number of ether oxygens (including phenoxy) is 2. The molecule has 7 nitrogen and oxygen atoms in total. The number of urea groups is 1. The third-order valence-electron chi connectivity index (χ3n) is 6.91. The molecule has 1 N–H and O–H groups in total. The maximum Gasteiger partial charge on any atom is 0.325 e. The smallest absolute Gasteiger partial charge is 0.325 e. The molecular weight excluding hydrogens is 461 g/mol. The number of hydrogen-bond donors (Lipinski definition) is 1. The second kappa shape index (κ2) is 9.80. The number of methoxy groups -OCH3 is 2. The van der Waals surface area contributed by atoms with Crippen LogP contribution in [-0.4, -0.2) is 54.6 Å². The molecular formula is C25H29ClFN3O4. The largest absolute Gasteiger partial charge is 0.493 e. The Labute approximate surface area is 203 Å². The Kier molecular flexibility index (Phi) is 7.00. The fourth-order valence-corrected chi connectivity index (χ4v) is 5.05. The molecule has 2 aliphatic heterocycles. The fourth-order valence-electron chi connectivity index (χ4n) is 4.84. The van der Waals surface area contributed by atoms with E-state index in [1.807, 2.05) is 13.0 Å². The Morgan fingerprint density at radius 2 is 1.68 bits per heavy atom. The van der Waals surface area contributed by atoms with Gasteiger partial charge in [0, 0.05) is 17.6 Å². The maximum atomic E-state index is 13.3. The average molecular weight is 490 g/mol. The number of imide groups is 1. The van der Waals surface area contributed by atoms with Crippen LogP contribution in [0.3, 0.4) is 0 Å². The zero-order valence-corrected chi connectivity index (χ0v) is 20.3. The van der Waals surface area contributed by atoms with Gasteiger partial charge in [0.2, 0.25) is 0 Å². The lowest BCUT2D eigenvalue weighted by Gasteiger charge is -2.39. The summed E-state index contributed by atoms with van der Waals surface area (Å²) in [6, 6.07) is 9.07. The molecule has 1 atom stereocenters. The molecule has 0 saturated carbocycles. The van der Waals surface area contributed by atoms with Gasteiger partial charge in [-0.1, -0.05) is 23.7 Å². The monoisotopic (exact) mass is 489 g/mol. The molecule has 2 aromatic carbocycles. The summed E-state index contributed by atoms with van der Waals surface area (Å²) in [6.07, 6.45) is 1.52. The molecule has 3 amide bonds. The van der Waals surface area contributed by atoms with Gasteiger partial charge in [-0.15, -0.1) is 0 Å². The number of amides is 3. The van der Waals surface area contributed by atoms with Crippen LogP contribution in [0.4, 0.5) is 9.18 Å². The van der Waals surface area contributed by atoms with Crippen molar-refractivity contribution in [3.63, 3.8) is 0 Å². The van der Waals surface area contributed by atoms with Gasteiger partial charge in [-0.3, -0.25) is 14.6 Å². The van der Waals surface area contributed by atoms with Crippen molar-refractivity contribution in [1.82, 2.24) is 15.1 Å². The predicted molar refractivity (Wildman–Crippen MR) is 126 cm³/mol. The summed E-state index contributed by atoms with van der Waals surface area (Å²) in [5.74, 6) is 0.641. The normalized spacial score (nSPS) is 21.6. The molecule has 0 radical (unpaired) electrons. The van der Waals surface area contributed by atoms with Gasteiger partial charge < -0.3 is 14.8 Å². The summed E-state index contributed by atoms with van der Waals surface area (Å²) in [5.41, 5.74) is 0.694. The van der Waals surface area contributed by atoms with Gasteiger partial charge in [-0.25, -0.2) is 9.18 Å². The Morgan fingerprint density at radius 1 is 1.06 bits per heavy atom. The minimum Gasteiger partial charge on any atom is -0.493 e. The van der Waals surface area contributed by atoms with E-state index in [9.17, 15) is 14.0 Å². The van der Waals surface area contributed by atoms with Crippen LogP contribution in [0.2, 0.25) is 5.02 Å². The van der Waals surface area contributed by atoms with Crippen LogP contribution in [0.25, 0.3) is 0 Å². The number of carbonyl (C=O) groups excluding carboxylic acids is 2. The van der Waals surface area contributed by atoms with Crippen LogP contribution < -0.4 is 14.8 Å².